The fourth-order valence-corrected chi connectivity index (χ4v) is 2.54. The molecule has 1 aromatic rings. The van der Waals surface area contributed by atoms with Gasteiger partial charge in [0.2, 0.25) is 0 Å². The van der Waals surface area contributed by atoms with E-state index in [-0.39, 0.29) is 5.54 Å². The van der Waals surface area contributed by atoms with Gasteiger partial charge in [0.25, 0.3) is 0 Å². The lowest BCUT2D eigenvalue weighted by Crippen LogP contribution is -2.44. The Labute approximate surface area is 111 Å². The maximum absolute atomic E-state index is 6.12. The van der Waals surface area contributed by atoms with Gasteiger partial charge >= 0.3 is 0 Å². The SMILES string of the molecule is CCC1(Nc2nc(NN)c(Cl)cc2Cl)CCC1. The average Bonchev–Trinajstić information content (AvgIpc) is 2.26. The summed E-state index contributed by atoms with van der Waals surface area (Å²) in [7, 11) is 0. The molecule has 0 unspecified atom stereocenters. The highest BCUT2D eigenvalue weighted by atomic mass is 35.5. The Morgan fingerprint density at radius 3 is 2.47 bits per heavy atom. The molecule has 1 aliphatic carbocycles. The number of nitrogens with zero attached hydrogens (tertiary/aromatic N) is 1. The molecule has 0 radical (unpaired) electrons. The molecule has 4 N–H and O–H groups in total. The molecule has 0 aromatic carbocycles. The van der Waals surface area contributed by atoms with Crippen molar-refractivity contribution < 1.29 is 0 Å². The quantitative estimate of drug-likeness (QED) is 0.582. The topological polar surface area (TPSA) is 63.0 Å². The molecule has 4 nitrogen and oxygen atoms in total. The molecule has 0 aliphatic heterocycles. The second-order valence-corrected chi connectivity index (χ2v) is 5.22. The second-order valence-electron chi connectivity index (χ2n) is 4.41. The monoisotopic (exact) mass is 274 g/mol. The minimum atomic E-state index is 0.135. The zero-order valence-corrected chi connectivity index (χ0v) is 11.2. The van der Waals surface area contributed by atoms with Crippen LogP contribution in [0.2, 0.25) is 10.0 Å². The van der Waals surface area contributed by atoms with E-state index < -0.39 is 0 Å². The molecule has 0 bridgehead atoms. The summed E-state index contributed by atoms with van der Waals surface area (Å²) in [5.41, 5.74) is 2.60. The number of nitrogen functional groups attached to an aromatic ring is 1. The highest BCUT2D eigenvalue weighted by Crippen LogP contribution is 2.40. The molecule has 2 rings (SSSR count). The van der Waals surface area contributed by atoms with Gasteiger partial charge in [0, 0.05) is 5.54 Å². The summed E-state index contributed by atoms with van der Waals surface area (Å²) in [5.74, 6) is 6.42. The van der Waals surface area contributed by atoms with Crippen molar-refractivity contribution >= 4 is 34.8 Å². The smallest absolute Gasteiger partial charge is 0.161 e. The first-order chi connectivity index (χ1) is 8.10. The summed E-state index contributed by atoms with van der Waals surface area (Å²) in [6.45, 7) is 2.16. The molecule has 6 heteroatoms. The lowest BCUT2D eigenvalue weighted by atomic mass is 9.75. The van der Waals surface area contributed by atoms with Gasteiger partial charge in [-0.15, -0.1) is 0 Å². The lowest BCUT2D eigenvalue weighted by molar-refractivity contribution is 0.269. The molecule has 0 atom stereocenters. The largest absolute Gasteiger partial charge is 0.363 e. The van der Waals surface area contributed by atoms with Crippen molar-refractivity contribution in [2.24, 2.45) is 5.84 Å². The Kier molecular flexibility index (Phi) is 3.66. The van der Waals surface area contributed by atoms with E-state index in [1.54, 1.807) is 6.07 Å². The number of pyridine rings is 1. The van der Waals surface area contributed by atoms with E-state index in [1.807, 2.05) is 0 Å². The lowest BCUT2D eigenvalue weighted by Gasteiger charge is -2.42. The summed E-state index contributed by atoms with van der Waals surface area (Å²) in [6, 6.07) is 1.65. The Morgan fingerprint density at radius 2 is 2.00 bits per heavy atom. The first kappa shape index (κ1) is 12.7. The zero-order valence-electron chi connectivity index (χ0n) is 9.69. The van der Waals surface area contributed by atoms with E-state index in [1.165, 1.54) is 6.42 Å². The van der Waals surface area contributed by atoms with Crippen LogP contribution in [0.15, 0.2) is 6.07 Å². The molecule has 17 heavy (non-hydrogen) atoms. The van der Waals surface area contributed by atoms with Gasteiger partial charge in [0.15, 0.2) is 5.82 Å². The van der Waals surface area contributed by atoms with Gasteiger partial charge in [-0.25, -0.2) is 10.8 Å². The molecule has 0 amide bonds. The van der Waals surface area contributed by atoms with Crippen molar-refractivity contribution in [3.63, 3.8) is 0 Å². The van der Waals surface area contributed by atoms with Crippen molar-refractivity contribution in [1.82, 2.24) is 4.98 Å². The van der Waals surface area contributed by atoms with Gasteiger partial charge < -0.3 is 10.7 Å². The maximum atomic E-state index is 6.12. The van der Waals surface area contributed by atoms with Crippen LogP contribution in [0.1, 0.15) is 32.6 Å². The third-order valence-electron chi connectivity index (χ3n) is 3.44. The molecule has 0 spiro atoms. The number of hydrogen-bond acceptors (Lipinski definition) is 4. The normalized spacial score (nSPS) is 17.4. The summed E-state index contributed by atoms with van der Waals surface area (Å²) < 4.78 is 0. The molecule has 1 saturated carbocycles. The van der Waals surface area contributed by atoms with Gasteiger partial charge in [-0.2, -0.15) is 0 Å². The predicted molar refractivity (Wildman–Crippen MR) is 72.6 cm³/mol. The van der Waals surface area contributed by atoms with Crippen molar-refractivity contribution in [3.8, 4) is 0 Å². The van der Waals surface area contributed by atoms with Crippen LogP contribution in [0.3, 0.4) is 0 Å². The van der Waals surface area contributed by atoms with Gasteiger partial charge in [-0.3, -0.25) is 0 Å². The zero-order chi connectivity index (χ0) is 12.5. The predicted octanol–water partition coefficient (Wildman–Crippen LogP) is 3.42. The number of hydrazine groups is 1. The Balaban J connectivity index is 2.26. The van der Waals surface area contributed by atoms with Gasteiger partial charge in [-0.05, 0) is 31.7 Å². The summed E-state index contributed by atoms with van der Waals surface area (Å²) in [5, 5.41) is 4.36. The van der Waals surface area contributed by atoms with E-state index in [2.05, 4.69) is 22.7 Å². The molecular formula is C11H16Cl2N4. The van der Waals surface area contributed by atoms with Gasteiger partial charge in [-0.1, -0.05) is 30.1 Å². The number of aromatic nitrogens is 1. The summed E-state index contributed by atoms with van der Waals surface area (Å²) in [6.07, 6.45) is 4.60. The standard InChI is InChI=1S/C11H16Cl2N4/c1-2-11(4-3-5-11)16-9-7(12)6-8(13)10(15-9)17-14/h6H,2-5,14H2,1H3,(H2,15,16,17). The van der Waals surface area contributed by atoms with E-state index in [0.29, 0.717) is 21.7 Å². The van der Waals surface area contributed by atoms with Crippen LogP contribution in [0.5, 0.6) is 0 Å². The summed E-state index contributed by atoms with van der Waals surface area (Å²) >= 11 is 12.1. The highest BCUT2D eigenvalue weighted by Gasteiger charge is 2.35. The first-order valence-corrected chi connectivity index (χ1v) is 6.46. The molecule has 1 aromatic heterocycles. The Hall–Kier alpha value is -0.710. The second kappa shape index (κ2) is 4.88. The molecule has 1 aliphatic rings. The van der Waals surface area contributed by atoms with E-state index in [4.69, 9.17) is 29.0 Å². The van der Waals surface area contributed by atoms with Crippen LogP contribution in [0, 0.1) is 0 Å². The minimum absolute atomic E-state index is 0.135. The van der Waals surface area contributed by atoms with Crippen molar-refractivity contribution in [3.05, 3.63) is 16.1 Å². The third-order valence-corrected chi connectivity index (χ3v) is 4.01. The number of nitrogens with one attached hydrogen (secondary N) is 2. The van der Waals surface area contributed by atoms with E-state index in [0.717, 1.165) is 19.3 Å². The minimum Gasteiger partial charge on any atom is -0.363 e. The first-order valence-electron chi connectivity index (χ1n) is 5.71. The highest BCUT2D eigenvalue weighted by molar-refractivity contribution is 6.37. The number of rotatable bonds is 4. The molecule has 1 heterocycles. The molecular weight excluding hydrogens is 259 g/mol. The fourth-order valence-electron chi connectivity index (χ4n) is 2.08. The number of halogens is 2. The molecule has 1 fully saturated rings. The Morgan fingerprint density at radius 1 is 1.35 bits per heavy atom. The van der Waals surface area contributed by atoms with Crippen LogP contribution in [-0.2, 0) is 0 Å². The van der Waals surface area contributed by atoms with Crippen molar-refractivity contribution in [2.75, 3.05) is 10.7 Å². The van der Waals surface area contributed by atoms with Crippen LogP contribution in [0.25, 0.3) is 0 Å². The van der Waals surface area contributed by atoms with Gasteiger partial charge in [0.05, 0.1) is 10.0 Å². The molecule has 0 saturated heterocycles. The van der Waals surface area contributed by atoms with Crippen molar-refractivity contribution in [1.29, 1.82) is 0 Å². The number of nitrogens with two attached hydrogens (primary N) is 1. The van der Waals surface area contributed by atoms with E-state index >= 15 is 0 Å². The third kappa shape index (κ3) is 2.44. The number of anilines is 2. The van der Waals surface area contributed by atoms with Crippen LogP contribution < -0.4 is 16.6 Å². The van der Waals surface area contributed by atoms with Crippen molar-refractivity contribution in [2.45, 2.75) is 38.1 Å². The molecule has 94 valence electrons. The maximum Gasteiger partial charge on any atom is 0.161 e. The fraction of sp³-hybridized carbons (Fsp3) is 0.545. The van der Waals surface area contributed by atoms with Crippen LogP contribution in [0.4, 0.5) is 11.6 Å². The number of hydrogen-bond donors (Lipinski definition) is 3. The summed E-state index contributed by atoms with van der Waals surface area (Å²) in [4.78, 5) is 4.29. The Bertz CT molecular complexity index is 413. The van der Waals surface area contributed by atoms with Crippen LogP contribution in [-0.4, -0.2) is 10.5 Å². The van der Waals surface area contributed by atoms with Crippen LogP contribution >= 0.6 is 23.2 Å². The van der Waals surface area contributed by atoms with Gasteiger partial charge in [0.1, 0.15) is 5.82 Å². The van der Waals surface area contributed by atoms with E-state index in [9.17, 15) is 0 Å². The average molecular weight is 275 g/mol.